The van der Waals surface area contributed by atoms with Crippen molar-refractivity contribution < 1.29 is 9.18 Å². The summed E-state index contributed by atoms with van der Waals surface area (Å²) in [4.78, 5) is 11.6. The summed E-state index contributed by atoms with van der Waals surface area (Å²) < 4.78 is 14.2. The third-order valence-corrected chi connectivity index (χ3v) is 3.16. The van der Waals surface area contributed by atoms with Gasteiger partial charge < -0.3 is 11.1 Å². The van der Waals surface area contributed by atoms with E-state index in [4.69, 9.17) is 5.73 Å². The van der Waals surface area contributed by atoms with Crippen LogP contribution >= 0.6 is 15.9 Å². The van der Waals surface area contributed by atoms with Gasteiger partial charge in [-0.2, -0.15) is 0 Å². The molecule has 0 aliphatic rings. The van der Waals surface area contributed by atoms with Crippen LogP contribution in [-0.4, -0.2) is 11.9 Å². The second-order valence-electron chi connectivity index (χ2n) is 4.10. The van der Waals surface area contributed by atoms with Gasteiger partial charge in [-0.05, 0) is 25.1 Å². The minimum atomic E-state index is -0.332. The maximum absolute atomic E-state index is 13.4. The van der Waals surface area contributed by atoms with E-state index in [1.165, 1.54) is 6.07 Å². The Labute approximate surface area is 109 Å². The summed E-state index contributed by atoms with van der Waals surface area (Å²) in [5.41, 5.74) is 6.07. The molecule has 0 bridgehead atoms. The zero-order valence-corrected chi connectivity index (χ0v) is 11.4. The van der Waals surface area contributed by atoms with Gasteiger partial charge in [0.15, 0.2) is 0 Å². The molecule has 17 heavy (non-hydrogen) atoms. The fraction of sp³-hybridized carbons (Fsp3) is 0.417. The number of nitrogens with one attached hydrogen (secondary N) is 1. The van der Waals surface area contributed by atoms with Crippen LogP contribution < -0.4 is 11.1 Å². The first-order valence-corrected chi connectivity index (χ1v) is 6.18. The molecule has 0 aromatic heterocycles. The van der Waals surface area contributed by atoms with Gasteiger partial charge >= 0.3 is 0 Å². The standard InChI is InChI=1S/C12H16BrFN2O/c1-7(8(2)15)12(17)16-6-9-5-10(13)3-4-11(9)14/h3-5,7-8H,6,15H2,1-2H3,(H,16,17). The lowest BCUT2D eigenvalue weighted by atomic mass is 10.0. The smallest absolute Gasteiger partial charge is 0.224 e. The highest BCUT2D eigenvalue weighted by Gasteiger charge is 2.16. The maximum atomic E-state index is 13.4. The van der Waals surface area contributed by atoms with Crippen LogP contribution in [0.25, 0.3) is 0 Å². The Balaban J connectivity index is 2.61. The monoisotopic (exact) mass is 302 g/mol. The van der Waals surface area contributed by atoms with Crippen LogP contribution in [0.3, 0.4) is 0 Å². The van der Waals surface area contributed by atoms with Crippen molar-refractivity contribution in [3.05, 3.63) is 34.1 Å². The SMILES string of the molecule is CC(N)C(C)C(=O)NCc1cc(Br)ccc1F. The van der Waals surface area contributed by atoms with Gasteiger partial charge in [0.2, 0.25) is 5.91 Å². The number of hydrogen-bond donors (Lipinski definition) is 2. The number of carbonyl (C=O) groups excluding carboxylic acids is 1. The second-order valence-corrected chi connectivity index (χ2v) is 5.02. The summed E-state index contributed by atoms with van der Waals surface area (Å²) >= 11 is 3.26. The molecule has 94 valence electrons. The Morgan fingerprint density at radius 2 is 2.18 bits per heavy atom. The fourth-order valence-corrected chi connectivity index (χ4v) is 1.67. The number of benzene rings is 1. The Morgan fingerprint density at radius 1 is 1.53 bits per heavy atom. The van der Waals surface area contributed by atoms with E-state index >= 15 is 0 Å². The molecule has 0 aliphatic heterocycles. The first-order chi connectivity index (χ1) is 7.91. The second kappa shape index (κ2) is 6.12. The highest BCUT2D eigenvalue weighted by molar-refractivity contribution is 9.10. The van der Waals surface area contributed by atoms with E-state index < -0.39 is 0 Å². The molecule has 1 aromatic carbocycles. The first kappa shape index (κ1) is 14.1. The van der Waals surface area contributed by atoms with Gasteiger partial charge in [-0.25, -0.2) is 4.39 Å². The zero-order valence-electron chi connectivity index (χ0n) is 9.84. The van der Waals surface area contributed by atoms with Crippen molar-refractivity contribution in [3.63, 3.8) is 0 Å². The van der Waals surface area contributed by atoms with Gasteiger partial charge in [0.25, 0.3) is 0 Å². The average molecular weight is 303 g/mol. The molecule has 0 radical (unpaired) electrons. The van der Waals surface area contributed by atoms with E-state index in [1.54, 1.807) is 26.0 Å². The zero-order chi connectivity index (χ0) is 13.0. The van der Waals surface area contributed by atoms with Crippen LogP contribution in [-0.2, 0) is 11.3 Å². The largest absolute Gasteiger partial charge is 0.352 e. The fourth-order valence-electron chi connectivity index (χ4n) is 1.26. The molecule has 2 atom stereocenters. The van der Waals surface area contributed by atoms with E-state index in [2.05, 4.69) is 21.2 Å². The van der Waals surface area contributed by atoms with Crippen LogP contribution in [0.4, 0.5) is 4.39 Å². The molecule has 0 heterocycles. The predicted octanol–water partition coefficient (Wildman–Crippen LogP) is 2.19. The van der Waals surface area contributed by atoms with Gasteiger partial charge in [-0.1, -0.05) is 22.9 Å². The molecule has 0 fully saturated rings. The highest BCUT2D eigenvalue weighted by atomic mass is 79.9. The van der Waals surface area contributed by atoms with Crippen LogP contribution in [0.2, 0.25) is 0 Å². The minimum Gasteiger partial charge on any atom is -0.352 e. The predicted molar refractivity (Wildman–Crippen MR) is 68.8 cm³/mol. The van der Waals surface area contributed by atoms with E-state index in [0.717, 1.165) is 4.47 Å². The van der Waals surface area contributed by atoms with Gasteiger partial charge in [0, 0.05) is 28.5 Å². The molecule has 0 aliphatic carbocycles. The summed E-state index contributed by atoms with van der Waals surface area (Å²) in [5.74, 6) is -0.786. The molecule has 1 aromatic rings. The van der Waals surface area contributed by atoms with Crippen LogP contribution in [0.15, 0.2) is 22.7 Å². The summed E-state index contributed by atoms with van der Waals surface area (Å²) in [5, 5.41) is 2.67. The van der Waals surface area contributed by atoms with Crippen molar-refractivity contribution in [2.45, 2.75) is 26.4 Å². The van der Waals surface area contributed by atoms with E-state index in [1.807, 2.05) is 0 Å². The van der Waals surface area contributed by atoms with Crippen molar-refractivity contribution in [2.24, 2.45) is 11.7 Å². The Kier molecular flexibility index (Phi) is 5.08. The van der Waals surface area contributed by atoms with Crippen molar-refractivity contribution in [1.82, 2.24) is 5.32 Å². The first-order valence-electron chi connectivity index (χ1n) is 5.39. The molecule has 0 spiro atoms. The summed E-state index contributed by atoms with van der Waals surface area (Å²) in [6.07, 6.45) is 0. The normalized spacial score (nSPS) is 14.2. The Bertz CT molecular complexity index is 409. The van der Waals surface area contributed by atoms with Crippen LogP contribution in [0.5, 0.6) is 0 Å². The van der Waals surface area contributed by atoms with Crippen molar-refractivity contribution in [3.8, 4) is 0 Å². The lowest BCUT2D eigenvalue weighted by Crippen LogP contribution is -2.38. The molecule has 2 unspecified atom stereocenters. The topological polar surface area (TPSA) is 55.1 Å². The van der Waals surface area contributed by atoms with Crippen molar-refractivity contribution >= 4 is 21.8 Å². The Hall–Kier alpha value is -0.940. The molecule has 3 N–H and O–H groups in total. The molecule has 3 nitrogen and oxygen atoms in total. The molecular formula is C12H16BrFN2O. The number of amides is 1. The summed E-state index contributed by atoms with van der Waals surface area (Å²) in [6.45, 7) is 3.68. The molecule has 5 heteroatoms. The van der Waals surface area contributed by atoms with Gasteiger partial charge in [0.1, 0.15) is 5.82 Å². The quantitative estimate of drug-likeness (QED) is 0.896. The number of nitrogens with two attached hydrogens (primary N) is 1. The molecule has 1 amide bonds. The average Bonchev–Trinajstić information content (AvgIpc) is 2.28. The highest BCUT2D eigenvalue weighted by Crippen LogP contribution is 2.15. The van der Waals surface area contributed by atoms with E-state index in [-0.39, 0.29) is 30.2 Å². The van der Waals surface area contributed by atoms with Crippen LogP contribution in [0.1, 0.15) is 19.4 Å². The summed E-state index contributed by atoms with van der Waals surface area (Å²) in [6, 6.07) is 4.40. The Morgan fingerprint density at radius 3 is 2.76 bits per heavy atom. The molecule has 0 saturated carbocycles. The van der Waals surface area contributed by atoms with E-state index in [0.29, 0.717) is 5.56 Å². The lowest BCUT2D eigenvalue weighted by molar-refractivity contribution is -0.125. The van der Waals surface area contributed by atoms with Gasteiger partial charge in [-0.3, -0.25) is 4.79 Å². The number of halogens is 2. The summed E-state index contributed by atoms with van der Waals surface area (Å²) in [7, 11) is 0. The van der Waals surface area contributed by atoms with Crippen molar-refractivity contribution in [1.29, 1.82) is 0 Å². The maximum Gasteiger partial charge on any atom is 0.224 e. The van der Waals surface area contributed by atoms with Gasteiger partial charge in [0.05, 0.1) is 0 Å². The molecule has 1 rings (SSSR count). The van der Waals surface area contributed by atoms with Crippen LogP contribution in [0, 0.1) is 11.7 Å². The number of rotatable bonds is 4. The van der Waals surface area contributed by atoms with Crippen molar-refractivity contribution in [2.75, 3.05) is 0 Å². The van der Waals surface area contributed by atoms with Gasteiger partial charge in [-0.15, -0.1) is 0 Å². The number of hydrogen-bond acceptors (Lipinski definition) is 2. The molecular weight excluding hydrogens is 287 g/mol. The lowest BCUT2D eigenvalue weighted by Gasteiger charge is -2.15. The van der Waals surface area contributed by atoms with E-state index in [9.17, 15) is 9.18 Å². The molecule has 0 saturated heterocycles. The minimum absolute atomic E-state index is 0.167. The third-order valence-electron chi connectivity index (χ3n) is 2.66. The third kappa shape index (κ3) is 4.09. The number of carbonyl (C=O) groups is 1.